The quantitative estimate of drug-likeness (QED) is 0.762. The Bertz CT molecular complexity index is 993. The van der Waals surface area contributed by atoms with Gasteiger partial charge >= 0.3 is 5.97 Å². The molecule has 1 atom stereocenters. The standard InChI is InChI=1S/C18H18N4O3S/c1-11-16(26-10-19-11)17-20-13-4-2-3-5-14(13)22(17)9-15(23)21-7-6-12(8-21)18(24)25/h2-5,10,12H,6-9H2,1H3,(H,24,25). The normalized spacial score (nSPS) is 17.1. The molecule has 1 aliphatic heterocycles. The summed E-state index contributed by atoms with van der Waals surface area (Å²) in [6.07, 6.45) is 0.507. The van der Waals surface area contributed by atoms with Crippen LogP contribution in [0.4, 0.5) is 0 Å². The number of aryl methyl sites for hydroxylation is 1. The fourth-order valence-corrected chi connectivity index (χ4v) is 4.15. The highest BCUT2D eigenvalue weighted by molar-refractivity contribution is 7.13. The number of carboxylic acid groups (broad SMARTS) is 1. The van der Waals surface area contributed by atoms with Crippen LogP contribution in [0.1, 0.15) is 12.1 Å². The maximum absolute atomic E-state index is 12.8. The fraction of sp³-hybridized carbons (Fsp3) is 0.333. The van der Waals surface area contributed by atoms with Crippen LogP contribution in [0, 0.1) is 12.8 Å². The fourth-order valence-electron chi connectivity index (χ4n) is 3.35. The molecule has 1 amide bonds. The highest BCUT2D eigenvalue weighted by atomic mass is 32.1. The van der Waals surface area contributed by atoms with Gasteiger partial charge < -0.3 is 14.6 Å². The van der Waals surface area contributed by atoms with E-state index in [1.165, 1.54) is 11.3 Å². The van der Waals surface area contributed by atoms with Crippen LogP contribution in [0.25, 0.3) is 21.7 Å². The molecule has 0 radical (unpaired) electrons. The van der Waals surface area contributed by atoms with Crippen molar-refractivity contribution in [3.63, 3.8) is 0 Å². The molecule has 1 fully saturated rings. The predicted molar refractivity (Wildman–Crippen MR) is 97.9 cm³/mol. The first kappa shape index (κ1) is 16.7. The number of thiazole rings is 1. The lowest BCUT2D eigenvalue weighted by Crippen LogP contribution is -2.33. The molecule has 134 valence electrons. The number of aliphatic carboxylic acids is 1. The molecule has 0 aliphatic carbocycles. The number of hydrogen-bond donors (Lipinski definition) is 1. The van der Waals surface area contributed by atoms with Gasteiger partial charge in [-0.3, -0.25) is 9.59 Å². The number of carboxylic acids is 1. The zero-order valence-electron chi connectivity index (χ0n) is 14.3. The number of fused-ring (bicyclic) bond motifs is 1. The van der Waals surface area contributed by atoms with Crippen LogP contribution in [0.3, 0.4) is 0 Å². The number of rotatable bonds is 4. The Balaban J connectivity index is 1.69. The van der Waals surface area contributed by atoms with Crippen LogP contribution >= 0.6 is 11.3 Å². The van der Waals surface area contributed by atoms with Crippen molar-refractivity contribution >= 4 is 34.2 Å². The van der Waals surface area contributed by atoms with Crippen molar-refractivity contribution in [1.29, 1.82) is 0 Å². The van der Waals surface area contributed by atoms with E-state index in [0.717, 1.165) is 27.4 Å². The number of benzene rings is 1. The van der Waals surface area contributed by atoms with Crippen molar-refractivity contribution in [2.45, 2.75) is 19.9 Å². The summed E-state index contributed by atoms with van der Waals surface area (Å²) in [5.74, 6) is -0.662. The number of aromatic nitrogens is 3. The number of carbonyl (C=O) groups excluding carboxylic acids is 1. The Morgan fingerprint density at radius 3 is 2.85 bits per heavy atom. The van der Waals surface area contributed by atoms with Crippen molar-refractivity contribution in [1.82, 2.24) is 19.4 Å². The van der Waals surface area contributed by atoms with Crippen LogP contribution in [-0.4, -0.2) is 49.5 Å². The van der Waals surface area contributed by atoms with E-state index < -0.39 is 11.9 Å². The van der Waals surface area contributed by atoms with E-state index in [2.05, 4.69) is 4.98 Å². The summed E-state index contributed by atoms with van der Waals surface area (Å²) in [6.45, 7) is 2.82. The first-order valence-electron chi connectivity index (χ1n) is 8.41. The summed E-state index contributed by atoms with van der Waals surface area (Å²) in [7, 11) is 0. The molecule has 1 N–H and O–H groups in total. The van der Waals surface area contributed by atoms with Gasteiger partial charge in [0, 0.05) is 13.1 Å². The third-order valence-electron chi connectivity index (χ3n) is 4.79. The minimum absolute atomic E-state index is 0.0830. The zero-order chi connectivity index (χ0) is 18.3. The molecule has 3 heterocycles. The van der Waals surface area contributed by atoms with Gasteiger partial charge in [0.05, 0.1) is 33.0 Å². The highest BCUT2D eigenvalue weighted by Crippen LogP contribution is 2.30. The molecule has 1 unspecified atom stereocenters. The van der Waals surface area contributed by atoms with E-state index in [1.54, 1.807) is 10.4 Å². The second kappa shape index (κ2) is 6.53. The third-order valence-corrected chi connectivity index (χ3v) is 5.71. The SMILES string of the molecule is Cc1ncsc1-c1nc2ccccc2n1CC(=O)N1CCC(C(=O)O)C1. The molecule has 7 nitrogen and oxygen atoms in total. The number of carbonyl (C=O) groups is 2. The lowest BCUT2D eigenvalue weighted by Gasteiger charge is -2.17. The molecule has 1 aromatic carbocycles. The Morgan fingerprint density at radius 1 is 1.35 bits per heavy atom. The molecule has 0 spiro atoms. The number of hydrogen-bond acceptors (Lipinski definition) is 5. The van der Waals surface area contributed by atoms with Crippen molar-refractivity contribution in [3.8, 4) is 10.7 Å². The van der Waals surface area contributed by atoms with Gasteiger partial charge in [0.2, 0.25) is 5.91 Å². The van der Waals surface area contributed by atoms with Gasteiger partial charge in [-0.05, 0) is 25.5 Å². The molecule has 1 saturated heterocycles. The highest BCUT2D eigenvalue weighted by Gasteiger charge is 2.31. The van der Waals surface area contributed by atoms with Crippen LogP contribution in [0.15, 0.2) is 29.8 Å². The Hall–Kier alpha value is -2.74. The Kier molecular flexibility index (Phi) is 4.20. The molecule has 26 heavy (non-hydrogen) atoms. The van der Waals surface area contributed by atoms with Crippen LogP contribution < -0.4 is 0 Å². The second-order valence-corrected chi connectivity index (χ2v) is 7.30. The van der Waals surface area contributed by atoms with Crippen LogP contribution in [0.5, 0.6) is 0 Å². The molecule has 1 aliphatic rings. The summed E-state index contributed by atoms with van der Waals surface area (Å²) < 4.78 is 1.91. The number of amides is 1. The average Bonchev–Trinajstić information content (AvgIpc) is 3.33. The van der Waals surface area contributed by atoms with Gasteiger partial charge in [-0.15, -0.1) is 11.3 Å². The number of imidazole rings is 1. The monoisotopic (exact) mass is 370 g/mol. The van der Waals surface area contributed by atoms with Crippen molar-refractivity contribution < 1.29 is 14.7 Å². The van der Waals surface area contributed by atoms with E-state index in [4.69, 9.17) is 10.1 Å². The molecule has 2 aromatic heterocycles. The Morgan fingerprint density at radius 2 is 2.15 bits per heavy atom. The lowest BCUT2D eigenvalue weighted by molar-refractivity contribution is -0.141. The largest absolute Gasteiger partial charge is 0.481 e. The van der Waals surface area contributed by atoms with Gasteiger partial charge in [0.15, 0.2) is 5.82 Å². The minimum Gasteiger partial charge on any atom is -0.481 e. The van der Waals surface area contributed by atoms with E-state index in [-0.39, 0.29) is 19.0 Å². The number of nitrogens with zero attached hydrogens (tertiary/aromatic N) is 4. The summed E-state index contributed by atoms with van der Waals surface area (Å²) in [5.41, 5.74) is 4.37. The van der Waals surface area contributed by atoms with E-state index >= 15 is 0 Å². The maximum atomic E-state index is 12.8. The van der Waals surface area contributed by atoms with Crippen LogP contribution in [-0.2, 0) is 16.1 Å². The molecule has 4 rings (SSSR count). The lowest BCUT2D eigenvalue weighted by atomic mass is 10.1. The van der Waals surface area contributed by atoms with Gasteiger partial charge in [-0.1, -0.05) is 12.1 Å². The summed E-state index contributed by atoms with van der Waals surface area (Å²) in [4.78, 5) is 35.5. The predicted octanol–water partition coefficient (Wildman–Crippen LogP) is 2.40. The van der Waals surface area contributed by atoms with E-state index in [0.29, 0.717) is 13.0 Å². The van der Waals surface area contributed by atoms with Crippen molar-refractivity contribution in [2.75, 3.05) is 13.1 Å². The summed E-state index contributed by atoms with van der Waals surface area (Å²) >= 11 is 1.50. The molecule has 8 heteroatoms. The van der Waals surface area contributed by atoms with Gasteiger partial charge in [0.1, 0.15) is 6.54 Å². The maximum Gasteiger partial charge on any atom is 0.308 e. The molecular formula is C18H18N4O3S. The molecule has 3 aromatic rings. The minimum atomic E-state index is -0.839. The summed E-state index contributed by atoms with van der Waals surface area (Å²) in [6, 6.07) is 7.71. The van der Waals surface area contributed by atoms with E-state index in [1.807, 2.05) is 35.8 Å². The van der Waals surface area contributed by atoms with Gasteiger partial charge in [-0.2, -0.15) is 0 Å². The Labute approximate surface area is 153 Å². The molecule has 0 bridgehead atoms. The first-order chi connectivity index (χ1) is 12.5. The number of likely N-dealkylation sites (tertiary alicyclic amines) is 1. The van der Waals surface area contributed by atoms with Crippen molar-refractivity contribution in [3.05, 3.63) is 35.5 Å². The van der Waals surface area contributed by atoms with Crippen LogP contribution in [0.2, 0.25) is 0 Å². The third kappa shape index (κ3) is 2.86. The molecule has 0 saturated carbocycles. The average molecular weight is 370 g/mol. The smallest absolute Gasteiger partial charge is 0.308 e. The van der Waals surface area contributed by atoms with E-state index in [9.17, 15) is 9.59 Å². The number of para-hydroxylation sites is 2. The summed E-state index contributed by atoms with van der Waals surface area (Å²) in [5, 5.41) is 9.15. The molecular weight excluding hydrogens is 352 g/mol. The zero-order valence-corrected chi connectivity index (χ0v) is 15.1. The topological polar surface area (TPSA) is 88.3 Å². The van der Waals surface area contributed by atoms with Crippen molar-refractivity contribution in [2.24, 2.45) is 5.92 Å². The van der Waals surface area contributed by atoms with Gasteiger partial charge in [-0.25, -0.2) is 9.97 Å². The first-order valence-corrected chi connectivity index (χ1v) is 9.29. The van der Waals surface area contributed by atoms with Gasteiger partial charge in [0.25, 0.3) is 0 Å². The second-order valence-electron chi connectivity index (χ2n) is 6.44.